The van der Waals surface area contributed by atoms with Crippen LogP contribution in [-0.2, 0) is 6.54 Å². The number of nitrogens with one attached hydrogen (secondary N) is 1. The van der Waals surface area contributed by atoms with Gasteiger partial charge >= 0.3 is 0 Å². The molecule has 2 rings (SSSR count). The largest absolute Gasteiger partial charge is 0.508 e. The zero-order valence-electron chi connectivity index (χ0n) is 12.9. The van der Waals surface area contributed by atoms with Crippen LogP contribution in [0.2, 0.25) is 0 Å². The first-order valence-electron chi connectivity index (χ1n) is 7.14. The van der Waals surface area contributed by atoms with Crippen molar-refractivity contribution in [3.63, 3.8) is 0 Å². The highest BCUT2D eigenvalue weighted by molar-refractivity contribution is 5.39. The molecule has 0 saturated carbocycles. The topological polar surface area (TPSA) is 61.7 Å². The molecule has 0 saturated heterocycles. The number of aromatic hydroxyl groups is 1. The zero-order valence-corrected chi connectivity index (χ0v) is 12.9. The molecule has 0 aromatic heterocycles. The lowest BCUT2D eigenvalue weighted by molar-refractivity contribution is 0.134. The van der Waals surface area contributed by atoms with Gasteiger partial charge in [-0.05, 0) is 42.8 Å². The number of hydrogen-bond donors (Lipinski definition) is 3. The van der Waals surface area contributed by atoms with Crippen molar-refractivity contribution < 1.29 is 23.7 Å². The van der Waals surface area contributed by atoms with E-state index in [4.69, 9.17) is 4.74 Å². The monoisotopic (exact) mass is 323 g/mol. The summed E-state index contributed by atoms with van der Waals surface area (Å²) < 4.78 is 31.3. The molecule has 0 fully saturated rings. The quantitative estimate of drug-likeness (QED) is 0.765. The Morgan fingerprint density at radius 2 is 1.87 bits per heavy atom. The molecule has 6 heteroatoms. The Balaban J connectivity index is 2.03. The van der Waals surface area contributed by atoms with Crippen LogP contribution in [0, 0.1) is 11.6 Å². The average Bonchev–Trinajstić information content (AvgIpc) is 2.55. The molecule has 0 aliphatic carbocycles. The van der Waals surface area contributed by atoms with Gasteiger partial charge in [-0.1, -0.05) is 6.07 Å². The van der Waals surface area contributed by atoms with Crippen molar-refractivity contribution in [1.29, 1.82) is 0 Å². The van der Waals surface area contributed by atoms with E-state index in [0.717, 1.165) is 12.1 Å². The molecule has 4 nitrogen and oxygen atoms in total. The van der Waals surface area contributed by atoms with E-state index in [9.17, 15) is 19.0 Å². The van der Waals surface area contributed by atoms with Crippen molar-refractivity contribution >= 4 is 0 Å². The van der Waals surface area contributed by atoms with E-state index in [0.29, 0.717) is 11.3 Å². The van der Waals surface area contributed by atoms with Gasteiger partial charge in [-0.15, -0.1) is 0 Å². The Hall–Kier alpha value is -2.18. The fraction of sp³-hybridized carbons (Fsp3) is 0.294. The van der Waals surface area contributed by atoms with Gasteiger partial charge < -0.3 is 20.3 Å². The summed E-state index contributed by atoms with van der Waals surface area (Å²) >= 11 is 0. The summed E-state index contributed by atoms with van der Waals surface area (Å²) in [7, 11) is 1.53. The number of rotatable bonds is 6. The third-order valence-corrected chi connectivity index (χ3v) is 3.66. The lowest BCUT2D eigenvalue weighted by atomic mass is 10.0. The smallest absolute Gasteiger partial charge is 0.159 e. The fourth-order valence-electron chi connectivity index (χ4n) is 2.20. The lowest BCUT2D eigenvalue weighted by Gasteiger charge is -2.21. The van der Waals surface area contributed by atoms with Gasteiger partial charge in [0, 0.05) is 18.2 Å². The molecule has 2 atom stereocenters. The van der Waals surface area contributed by atoms with Crippen molar-refractivity contribution in [2.24, 2.45) is 0 Å². The number of benzene rings is 2. The Morgan fingerprint density at radius 1 is 1.13 bits per heavy atom. The van der Waals surface area contributed by atoms with Crippen LogP contribution in [0.25, 0.3) is 0 Å². The Bertz CT molecular complexity index is 679. The minimum absolute atomic E-state index is 0.104. The van der Waals surface area contributed by atoms with Crippen LogP contribution in [0.15, 0.2) is 36.4 Å². The maximum atomic E-state index is 13.2. The van der Waals surface area contributed by atoms with Gasteiger partial charge in [0.25, 0.3) is 0 Å². The first kappa shape index (κ1) is 17.2. The summed E-state index contributed by atoms with van der Waals surface area (Å²) in [5.74, 6) is -1.25. The summed E-state index contributed by atoms with van der Waals surface area (Å²) in [5, 5.41) is 23.1. The predicted octanol–water partition coefficient (Wildman–Crippen LogP) is 2.89. The second-order valence-corrected chi connectivity index (χ2v) is 5.28. The molecular weight excluding hydrogens is 304 g/mol. The van der Waals surface area contributed by atoms with Crippen molar-refractivity contribution in [3.8, 4) is 11.5 Å². The molecule has 0 heterocycles. The van der Waals surface area contributed by atoms with E-state index in [1.54, 1.807) is 19.1 Å². The van der Waals surface area contributed by atoms with E-state index in [-0.39, 0.29) is 17.9 Å². The Morgan fingerprint density at radius 3 is 2.52 bits per heavy atom. The standard InChI is InChI=1S/C17H19F2NO3/c1-10(17(22)11-3-5-14(18)15(19)8-11)20-9-12-7-13(23-2)4-6-16(12)21/h3-8,10,17,20-22H,9H2,1-2H3. The molecule has 2 aromatic rings. The van der Waals surface area contributed by atoms with E-state index in [1.165, 1.54) is 19.2 Å². The molecule has 3 N–H and O–H groups in total. The second kappa shape index (κ2) is 7.39. The number of aliphatic hydroxyl groups is 1. The highest BCUT2D eigenvalue weighted by Gasteiger charge is 2.18. The summed E-state index contributed by atoms with van der Waals surface area (Å²) in [6.07, 6.45) is -1.02. The second-order valence-electron chi connectivity index (χ2n) is 5.28. The number of phenols is 1. The van der Waals surface area contributed by atoms with Gasteiger partial charge in [-0.2, -0.15) is 0 Å². The van der Waals surface area contributed by atoms with E-state index < -0.39 is 23.8 Å². The number of aliphatic hydroxyl groups excluding tert-OH is 1. The number of phenolic OH excluding ortho intramolecular Hbond substituents is 1. The van der Waals surface area contributed by atoms with Crippen molar-refractivity contribution in [2.75, 3.05) is 7.11 Å². The van der Waals surface area contributed by atoms with Crippen molar-refractivity contribution in [1.82, 2.24) is 5.32 Å². The molecule has 124 valence electrons. The summed E-state index contributed by atoms with van der Waals surface area (Å²) in [5.41, 5.74) is 0.882. The first-order valence-corrected chi connectivity index (χ1v) is 7.14. The fourth-order valence-corrected chi connectivity index (χ4v) is 2.20. The van der Waals surface area contributed by atoms with E-state index in [1.807, 2.05) is 0 Å². The lowest BCUT2D eigenvalue weighted by Crippen LogP contribution is -2.31. The van der Waals surface area contributed by atoms with Gasteiger partial charge in [0.05, 0.1) is 13.2 Å². The summed E-state index contributed by atoms with van der Waals surface area (Å²) in [4.78, 5) is 0. The molecule has 2 aromatic carbocycles. The minimum atomic E-state index is -1.02. The average molecular weight is 323 g/mol. The van der Waals surface area contributed by atoms with Crippen molar-refractivity contribution in [3.05, 3.63) is 59.2 Å². The maximum Gasteiger partial charge on any atom is 0.159 e. The third-order valence-electron chi connectivity index (χ3n) is 3.66. The van der Waals surface area contributed by atoms with Gasteiger partial charge in [0.1, 0.15) is 11.5 Å². The van der Waals surface area contributed by atoms with Crippen LogP contribution in [-0.4, -0.2) is 23.4 Å². The van der Waals surface area contributed by atoms with Crippen LogP contribution < -0.4 is 10.1 Å². The minimum Gasteiger partial charge on any atom is -0.508 e. The number of halogens is 2. The van der Waals surface area contributed by atoms with Crippen LogP contribution >= 0.6 is 0 Å². The third kappa shape index (κ3) is 4.18. The Labute approximate surface area is 133 Å². The van der Waals surface area contributed by atoms with Gasteiger partial charge in [-0.25, -0.2) is 8.78 Å². The summed E-state index contributed by atoms with van der Waals surface area (Å²) in [6.45, 7) is 1.99. The van der Waals surface area contributed by atoms with Gasteiger partial charge in [0.15, 0.2) is 11.6 Å². The number of methoxy groups -OCH3 is 1. The molecule has 0 amide bonds. The first-order chi connectivity index (χ1) is 10.9. The highest BCUT2D eigenvalue weighted by Crippen LogP contribution is 2.24. The SMILES string of the molecule is COc1ccc(O)c(CNC(C)C(O)c2ccc(F)c(F)c2)c1. The molecule has 0 bridgehead atoms. The number of hydrogen-bond acceptors (Lipinski definition) is 4. The number of ether oxygens (including phenoxy) is 1. The normalized spacial score (nSPS) is 13.6. The Kier molecular flexibility index (Phi) is 5.52. The van der Waals surface area contributed by atoms with Crippen LogP contribution in [0.5, 0.6) is 11.5 Å². The molecule has 0 aliphatic rings. The van der Waals surface area contributed by atoms with Crippen LogP contribution in [0.4, 0.5) is 8.78 Å². The van der Waals surface area contributed by atoms with Crippen LogP contribution in [0.3, 0.4) is 0 Å². The molecule has 0 spiro atoms. The highest BCUT2D eigenvalue weighted by atomic mass is 19.2. The zero-order chi connectivity index (χ0) is 17.0. The molecule has 0 radical (unpaired) electrons. The maximum absolute atomic E-state index is 13.2. The van der Waals surface area contributed by atoms with Crippen LogP contribution in [0.1, 0.15) is 24.2 Å². The molecular formula is C17H19F2NO3. The molecule has 2 unspecified atom stereocenters. The summed E-state index contributed by atoms with van der Waals surface area (Å²) in [6, 6.07) is 7.69. The molecule has 0 aliphatic heterocycles. The van der Waals surface area contributed by atoms with Gasteiger partial charge in [0.2, 0.25) is 0 Å². The van der Waals surface area contributed by atoms with E-state index in [2.05, 4.69) is 5.32 Å². The van der Waals surface area contributed by atoms with Gasteiger partial charge in [-0.3, -0.25) is 0 Å². The predicted molar refractivity (Wildman–Crippen MR) is 82.3 cm³/mol. The van der Waals surface area contributed by atoms with E-state index >= 15 is 0 Å². The molecule has 23 heavy (non-hydrogen) atoms. The van der Waals surface area contributed by atoms with Crippen molar-refractivity contribution in [2.45, 2.75) is 25.6 Å².